The third-order valence-corrected chi connectivity index (χ3v) is 1.23. The fourth-order valence-electron chi connectivity index (χ4n) is 0.517. The number of ketones is 1. The molecule has 0 spiro atoms. The van der Waals surface area contributed by atoms with Crippen LogP contribution in [0.2, 0.25) is 0 Å². The van der Waals surface area contributed by atoms with Crippen LogP contribution in [0.3, 0.4) is 0 Å². The van der Waals surface area contributed by atoms with E-state index in [9.17, 15) is 4.79 Å². The largest absolute Gasteiger partial charge is 0.393 e. The van der Waals surface area contributed by atoms with Gasteiger partial charge in [0.05, 0.1) is 12.7 Å². The molecule has 0 aliphatic carbocycles. The summed E-state index contributed by atoms with van der Waals surface area (Å²) in [6.45, 7) is 0.708. The average Bonchev–Trinajstić information content (AvgIpc) is 2.02. The normalized spacial score (nSPS) is 20.2. The van der Waals surface area contributed by atoms with Crippen molar-refractivity contribution in [2.45, 2.75) is 25.2 Å². The molecule has 3 atom stereocenters. The number of Topliss-reactive ketones (excluding diaryl/α,β-unsaturated/α-hetero) is 1. The van der Waals surface area contributed by atoms with Crippen LogP contribution < -0.4 is 0 Å². The lowest BCUT2D eigenvalue weighted by Crippen LogP contribution is -2.40. The van der Waals surface area contributed by atoms with Crippen LogP contribution in [0.5, 0.6) is 0 Å². The van der Waals surface area contributed by atoms with Crippen molar-refractivity contribution in [1.82, 2.24) is 0 Å². The maximum atomic E-state index is 10.9. The topological polar surface area (TPSA) is 98.0 Å². The van der Waals surface area contributed by atoms with E-state index in [0.29, 0.717) is 0 Å². The summed E-state index contributed by atoms with van der Waals surface area (Å²) < 4.78 is 6.22. The predicted molar refractivity (Wildman–Crippen MR) is 35.8 cm³/mol. The second-order valence-electron chi connectivity index (χ2n) is 2.27. The summed E-state index contributed by atoms with van der Waals surface area (Å²) in [6.07, 6.45) is -4.43. The average molecular weight is 165 g/mol. The molecule has 0 unspecified atom stereocenters. The van der Waals surface area contributed by atoms with Gasteiger partial charge in [0.25, 0.3) is 0 Å². The van der Waals surface area contributed by atoms with Gasteiger partial charge in [-0.2, -0.15) is 0 Å². The first-order chi connectivity index (χ1) is 5.50. The summed E-state index contributed by atoms with van der Waals surface area (Å²) in [5.41, 5.74) is 0. The fraction of sp³-hybridized carbons (Fsp3) is 0.833. The van der Waals surface area contributed by atoms with Gasteiger partial charge >= 0.3 is 0 Å². The minimum Gasteiger partial charge on any atom is -0.393 e. The summed E-state index contributed by atoms with van der Waals surface area (Å²) in [5, 5.41) is 30.3. The van der Waals surface area contributed by atoms with E-state index >= 15 is 0 Å². The zero-order valence-corrected chi connectivity index (χ0v) is 6.10. The van der Waals surface area contributed by atoms with Gasteiger partial charge in [-0.1, -0.05) is 0 Å². The lowest BCUT2D eigenvalue weighted by molar-refractivity contribution is -0.142. The highest BCUT2D eigenvalue weighted by Gasteiger charge is 2.26. The molecule has 0 fully saturated rings. The standard InChI is InChI=1S/C6H12O5/c1-3(8)5(10)6(11)4(9)2-7/h3-5,7-10H,2H2,1H3/t3-,4+,5-/m1/s1/i7D. The van der Waals surface area contributed by atoms with E-state index in [-0.39, 0.29) is 0 Å². The number of hydrogen-bond acceptors (Lipinski definition) is 5. The number of aliphatic hydroxyl groups excluding tert-OH is 4. The summed E-state index contributed by atoms with van der Waals surface area (Å²) in [4.78, 5) is 10.9. The first kappa shape index (κ1) is 8.61. The number of rotatable bonds is 5. The van der Waals surface area contributed by atoms with Crippen LogP contribution in [-0.4, -0.2) is 52.6 Å². The van der Waals surface area contributed by atoms with Crippen LogP contribution in [0.25, 0.3) is 0 Å². The Morgan fingerprint density at radius 2 is 2.09 bits per heavy atom. The minimum atomic E-state index is -1.63. The molecule has 0 aliphatic heterocycles. The van der Waals surface area contributed by atoms with Crippen LogP contribution in [0, 0.1) is 0 Å². The first-order valence-corrected chi connectivity index (χ1v) is 3.16. The molecule has 0 bridgehead atoms. The van der Waals surface area contributed by atoms with Gasteiger partial charge in [-0.25, -0.2) is 0 Å². The van der Waals surface area contributed by atoms with Crippen LogP contribution in [-0.2, 0) is 4.79 Å². The number of carbonyl (C=O) groups is 1. The zero-order valence-electron chi connectivity index (χ0n) is 7.10. The number of aliphatic hydroxyl groups is 4. The van der Waals surface area contributed by atoms with Gasteiger partial charge in [0, 0.05) is 0 Å². The van der Waals surface area contributed by atoms with Gasteiger partial charge in [0.1, 0.15) is 12.2 Å². The molecule has 0 amide bonds. The highest BCUT2D eigenvalue weighted by Crippen LogP contribution is 1.97. The lowest BCUT2D eigenvalue weighted by atomic mass is 10.1. The van der Waals surface area contributed by atoms with Crippen molar-refractivity contribution < 1.29 is 25.2 Å². The van der Waals surface area contributed by atoms with Crippen LogP contribution >= 0.6 is 0 Å². The van der Waals surface area contributed by atoms with Crippen molar-refractivity contribution >= 4 is 5.78 Å². The lowest BCUT2D eigenvalue weighted by Gasteiger charge is -2.14. The van der Waals surface area contributed by atoms with Crippen LogP contribution in [0.4, 0.5) is 0 Å². The monoisotopic (exact) mass is 165 g/mol. The maximum Gasteiger partial charge on any atom is 0.210 e. The van der Waals surface area contributed by atoms with Gasteiger partial charge in [-0.05, 0) is 6.92 Å². The zero-order chi connectivity index (χ0) is 9.72. The molecule has 0 rings (SSSR count). The predicted octanol–water partition coefficient (Wildman–Crippen LogP) is -2.35. The summed E-state index contributed by atoms with van der Waals surface area (Å²) in [6, 6.07) is 0. The molecule has 5 nitrogen and oxygen atoms in total. The molecular weight excluding hydrogens is 152 g/mol. The Labute approximate surface area is 65.4 Å². The van der Waals surface area contributed by atoms with Crippen molar-refractivity contribution in [3.63, 3.8) is 0 Å². The molecule has 11 heavy (non-hydrogen) atoms. The highest BCUT2D eigenvalue weighted by molar-refractivity contribution is 5.87. The highest BCUT2D eigenvalue weighted by atomic mass is 16.4. The smallest absolute Gasteiger partial charge is 0.210 e. The Bertz CT molecular complexity index is 149. The molecule has 0 saturated carbocycles. The van der Waals surface area contributed by atoms with E-state index in [1.54, 1.807) is 0 Å². The van der Waals surface area contributed by atoms with Crippen LogP contribution in [0.1, 0.15) is 6.92 Å². The Morgan fingerprint density at radius 1 is 1.55 bits per heavy atom. The van der Waals surface area contributed by atoms with Gasteiger partial charge in [-0.3, -0.25) is 4.79 Å². The van der Waals surface area contributed by atoms with E-state index in [1.165, 1.54) is 6.92 Å². The molecule has 0 aromatic heterocycles. The summed E-state index contributed by atoms with van der Waals surface area (Å²) in [7, 11) is 0. The molecule has 4 N–H and O–H groups in total. The van der Waals surface area contributed by atoms with Gasteiger partial charge in [-0.15, -0.1) is 0 Å². The molecule has 0 aromatic rings. The van der Waals surface area contributed by atoms with Gasteiger partial charge in [0.2, 0.25) is 1.43 Å². The molecule has 0 aromatic carbocycles. The van der Waals surface area contributed by atoms with E-state index in [1.807, 2.05) is 0 Å². The fourth-order valence-corrected chi connectivity index (χ4v) is 0.517. The van der Waals surface area contributed by atoms with Crippen molar-refractivity contribution in [1.29, 1.82) is 1.43 Å². The number of carbonyl (C=O) groups excluding carboxylic acids is 1. The SMILES string of the molecule is [2H]OC[C@H](O)C(=O)[C@H](O)[C@@H](C)O. The molecule has 0 radical (unpaired) electrons. The van der Waals surface area contributed by atoms with E-state index in [0.717, 1.165) is 0 Å². The third-order valence-electron chi connectivity index (χ3n) is 1.23. The van der Waals surface area contributed by atoms with E-state index in [2.05, 4.69) is 5.11 Å². The quantitative estimate of drug-likeness (QED) is 0.365. The van der Waals surface area contributed by atoms with Gasteiger partial charge < -0.3 is 20.4 Å². The molecule has 5 heteroatoms. The van der Waals surface area contributed by atoms with E-state index in [4.69, 9.17) is 16.8 Å². The Hall–Kier alpha value is -0.490. The van der Waals surface area contributed by atoms with Crippen molar-refractivity contribution in [3.8, 4) is 0 Å². The molecule has 0 aliphatic rings. The van der Waals surface area contributed by atoms with Crippen molar-refractivity contribution in [2.24, 2.45) is 0 Å². The Kier molecular flexibility index (Phi) is 3.44. The second kappa shape index (κ2) is 4.40. The molecular formula is C6H12O5. The number of hydrogen-bond donors (Lipinski definition) is 4. The van der Waals surface area contributed by atoms with Crippen molar-refractivity contribution in [2.75, 3.05) is 6.61 Å². The Balaban J connectivity index is 4.00. The first-order valence-electron chi connectivity index (χ1n) is 3.57. The molecule has 66 valence electrons. The minimum absolute atomic E-state index is 0.511. The summed E-state index contributed by atoms with van der Waals surface area (Å²) in [5.74, 6) is -0.947. The third kappa shape index (κ3) is 2.94. The summed E-state index contributed by atoms with van der Waals surface area (Å²) >= 11 is 0. The molecule has 0 saturated heterocycles. The van der Waals surface area contributed by atoms with Gasteiger partial charge in [0.15, 0.2) is 5.78 Å². The van der Waals surface area contributed by atoms with Crippen molar-refractivity contribution in [3.05, 3.63) is 0 Å². The Morgan fingerprint density at radius 3 is 2.45 bits per heavy atom. The van der Waals surface area contributed by atoms with E-state index < -0.39 is 30.7 Å². The van der Waals surface area contributed by atoms with Crippen LogP contribution in [0.15, 0.2) is 0 Å². The second-order valence-corrected chi connectivity index (χ2v) is 2.27. The molecule has 0 heterocycles. The maximum absolute atomic E-state index is 10.9.